The van der Waals surface area contributed by atoms with E-state index in [0.717, 1.165) is 16.8 Å². The highest BCUT2D eigenvalue weighted by Crippen LogP contribution is 2.22. The molecule has 0 bridgehead atoms. The summed E-state index contributed by atoms with van der Waals surface area (Å²) in [6.07, 6.45) is 4.83. The van der Waals surface area contributed by atoms with E-state index < -0.39 is 0 Å². The van der Waals surface area contributed by atoms with E-state index in [9.17, 15) is 0 Å². The minimum absolute atomic E-state index is 0.610. The standard InChI is InChI=1S/C15H14Cl2N2O/c1-20-19-14(7-11-3-2-6-18-10-11)8-12-4-5-13(16)9-15(12)17/h2-6,9-10H,7-8H2,1H3/b19-14+. The average Bonchev–Trinajstić information content (AvgIpc) is 2.43. The molecule has 2 rings (SSSR count). The van der Waals surface area contributed by atoms with Gasteiger partial charge in [0.2, 0.25) is 0 Å². The molecule has 0 saturated heterocycles. The highest BCUT2D eigenvalue weighted by molar-refractivity contribution is 6.35. The zero-order valence-corrected chi connectivity index (χ0v) is 12.5. The van der Waals surface area contributed by atoms with E-state index in [0.29, 0.717) is 22.9 Å². The fourth-order valence-corrected chi connectivity index (χ4v) is 2.35. The van der Waals surface area contributed by atoms with Crippen LogP contribution in [0.15, 0.2) is 47.9 Å². The minimum Gasteiger partial charge on any atom is -0.399 e. The Hall–Kier alpha value is -1.58. The van der Waals surface area contributed by atoms with Crippen molar-refractivity contribution in [2.75, 3.05) is 7.11 Å². The lowest BCUT2D eigenvalue weighted by Gasteiger charge is -2.08. The van der Waals surface area contributed by atoms with Gasteiger partial charge < -0.3 is 4.84 Å². The fraction of sp³-hybridized carbons (Fsp3) is 0.200. The Labute approximate surface area is 128 Å². The zero-order chi connectivity index (χ0) is 14.4. The van der Waals surface area contributed by atoms with Gasteiger partial charge in [-0.2, -0.15) is 0 Å². The third-order valence-corrected chi connectivity index (χ3v) is 3.35. The zero-order valence-electron chi connectivity index (χ0n) is 11.0. The second kappa shape index (κ2) is 7.27. The quantitative estimate of drug-likeness (QED) is 0.613. The van der Waals surface area contributed by atoms with Gasteiger partial charge in [-0.3, -0.25) is 4.98 Å². The summed E-state index contributed by atoms with van der Waals surface area (Å²) in [5, 5.41) is 5.33. The van der Waals surface area contributed by atoms with Crippen molar-refractivity contribution >= 4 is 28.9 Å². The molecule has 1 heterocycles. The number of pyridine rings is 1. The SMILES string of the molecule is CO/N=C(\Cc1cccnc1)Cc1ccc(Cl)cc1Cl. The number of halogens is 2. The van der Waals surface area contributed by atoms with Crippen LogP contribution in [0.1, 0.15) is 11.1 Å². The van der Waals surface area contributed by atoms with E-state index in [2.05, 4.69) is 10.1 Å². The largest absolute Gasteiger partial charge is 0.399 e. The first-order chi connectivity index (χ1) is 9.69. The number of benzene rings is 1. The monoisotopic (exact) mass is 308 g/mol. The average molecular weight is 309 g/mol. The summed E-state index contributed by atoms with van der Waals surface area (Å²) in [7, 11) is 1.53. The molecule has 3 nitrogen and oxygen atoms in total. The van der Waals surface area contributed by atoms with Gasteiger partial charge in [0.1, 0.15) is 7.11 Å². The van der Waals surface area contributed by atoms with Crippen molar-refractivity contribution in [1.82, 2.24) is 4.98 Å². The molecular formula is C15H14Cl2N2O. The van der Waals surface area contributed by atoms with E-state index in [4.69, 9.17) is 28.0 Å². The number of hydrogen-bond donors (Lipinski definition) is 0. The summed E-state index contributed by atoms with van der Waals surface area (Å²) in [4.78, 5) is 9.01. The number of oxime groups is 1. The van der Waals surface area contributed by atoms with Crippen LogP contribution in [-0.2, 0) is 17.7 Å². The molecular weight excluding hydrogens is 295 g/mol. The topological polar surface area (TPSA) is 34.5 Å². The molecule has 1 aromatic heterocycles. The van der Waals surface area contributed by atoms with Crippen molar-refractivity contribution in [3.63, 3.8) is 0 Å². The number of rotatable bonds is 5. The van der Waals surface area contributed by atoms with Crippen LogP contribution in [0.25, 0.3) is 0 Å². The van der Waals surface area contributed by atoms with Crippen LogP contribution >= 0.6 is 23.2 Å². The highest BCUT2D eigenvalue weighted by Gasteiger charge is 2.08. The Bertz CT molecular complexity index is 600. The van der Waals surface area contributed by atoms with Crippen LogP contribution < -0.4 is 0 Å². The molecule has 0 aliphatic carbocycles. The molecule has 0 spiro atoms. The van der Waals surface area contributed by atoms with E-state index in [1.54, 1.807) is 12.3 Å². The van der Waals surface area contributed by atoms with Crippen molar-refractivity contribution in [2.45, 2.75) is 12.8 Å². The summed E-state index contributed by atoms with van der Waals surface area (Å²) in [5.74, 6) is 0. The molecule has 20 heavy (non-hydrogen) atoms. The van der Waals surface area contributed by atoms with Gasteiger partial charge in [-0.15, -0.1) is 0 Å². The van der Waals surface area contributed by atoms with Crippen LogP contribution in [0.2, 0.25) is 10.0 Å². The van der Waals surface area contributed by atoms with Gasteiger partial charge in [0.15, 0.2) is 0 Å². The first kappa shape index (κ1) is 14.8. The van der Waals surface area contributed by atoms with Crippen molar-refractivity contribution < 1.29 is 4.84 Å². The Kier molecular flexibility index (Phi) is 5.39. The third-order valence-electron chi connectivity index (χ3n) is 2.76. The molecule has 1 aromatic carbocycles. The molecule has 0 aliphatic rings. The van der Waals surface area contributed by atoms with Crippen molar-refractivity contribution in [3.8, 4) is 0 Å². The smallest absolute Gasteiger partial charge is 0.106 e. The first-order valence-electron chi connectivity index (χ1n) is 6.11. The van der Waals surface area contributed by atoms with Crippen LogP contribution in [0.5, 0.6) is 0 Å². The Morgan fingerprint density at radius 2 is 2.10 bits per heavy atom. The van der Waals surface area contributed by atoms with E-state index in [-0.39, 0.29) is 0 Å². The lowest BCUT2D eigenvalue weighted by atomic mass is 10.0. The summed E-state index contributed by atoms with van der Waals surface area (Å²) in [6, 6.07) is 9.35. The van der Waals surface area contributed by atoms with Gasteiger partial charge in [-0.25, -0.2) is 0 Å². The maximum Gasteiger partial charge on any atom is 0.106 e. The van der Waals surface area contributed by atoms with Crippen LogP contribution in [0, 0.1) is 0 Å². The second-order valence-electron chi connectivity index (χ2n) is 4.29. The molecule has 5 heteroatoms. The summed E-state index contributed by atoms with van der Waals surface area (Å²) in [5.41, 5.74) is 2.92. The molecule has 0 N–H and O–H groups in total. The molecule has 0 amide bonds. The highest BCUT2D eigenvalue weighted by atomic mass is 35.5. The minimum atomic E-state index is 0.610. The second-order valence-corrected chi connectivity index (χ2v) is 5.13. The number of aromatic nitrogens is 1. The van der Waals surface area contributed by atoms with Gasteiger partial charge >= 0.3 is 0 Å². The van der Waals surface area contributed by atoms with Crippen molar-refractivity contribution in [3.05, 3.63) is 63.9 Å². The molecule has 0 unspecified atom stereocenters. The summed E-state index contributed by atoms with van der Waals surface area (Å²) >= 11 is 12.1. The lowest BCUT2D eigenvalue weighted by Crippen LogP contribution is -2.08. The Morgan fingerprint density at radius 1 is 1.25 bits per heavy atom. The van der Waals surface area contributed by atoms with Gasteiger partial charge in [0, 0.05) is 35.3 Å². The van der Waals surface area contributed by atoms with Crippen molar-refractivity contribution in [1.29, 1.82) is 0 Å². The van der Waals surface area contributed by atoms with Gasteiger partial charge in [0.05, 0.1) is 5.71 Å². The molecule has 2 aromatic rings. The lowest BCUT2D eigenvalue weighted by molar-refractivity contribution is 0.212. The number of nitrogens with zero attached hydrogens (tertiary/aromatic N) is 2. The maximum atomic E-state index is 6.18. The normalized spacial score (nSPS) is 11.4. The maximum absolute atomic E-state index is 6.18. The first-order valence-corrected chi connectivity index (χ1v) is 6.86. The molecule has 104 valence electrons. The Balaban J connectivity index is 2.16. The van der Waals surface area contributed by atoms with Gasteiger partial charge in [-0.05, 0) is 29.3 Å². The fourth-order valence-electron chi connectivity index (χ4n) is 1.88. The molecule has 0 fully saturated rings. The van der Waals surface area contributed by atoms with Crippen LogP contribution in [0.4, 0.5) is 0 Å². The van der Waals surface area contributed by atoms with Crippen molar-refractivity contribution in [2.24, 2.45) is 5.16 Å². The third kappa shape index (κ3) is 4.22. The predicted molar refractivity (Wildman–Crippen MR) is 82.6 cm³/mol. The van der Waals surface area contributed by atoms with Crippen LogP contribution in [-0.4, -0.2) is 17.8 Å². The van der Waals surface area contributed by atoms with Gasteiger partial charge in [0.25, 0.3) is 0 Å². The number of hydrogen-bond acceptors (Lipinski definition) is 3. The van der Waals surface area contributed by atoms with Gasteiger partial charge in [-0.1, -0.05) is 40.5 Å². The molecule has 0 atom stereocenters. The van der Waals surface area contributed by atoms with Crippen LogP contribution in [0.3, 0.4) is 0 Å². The molecule has 0 saturated carbocycles. The summed E-state index contributed by atoms with van der Waals surface area (Å²) < 4.78 is 0. The summed E-state index contributed by atoms with van der Waals surface area (Å²) in [6.45, 7) is 0. The van der Waals surface area contributed by atoms with E-state index in [1.165, 1.54) is 7.11 Å². The molecule has 0 aliphatic heterocycles. The van der Waals surface area contributed by atoms with E-state index in [1.807, 2.05) is 30.5 Å². The molecule has 0 radical (unpaired) electrons. The predicted octanol–water partition coefficient (Wildman–Crippen LogP) is 4.18. The Morgan fingerprint density at radius 3 is 2.75 bits per heavy atom. The van der Waals surface area contributed by atoms with E-state index >= 15 is 0 Å².